The zero-order chi connectivity index (χ0) is 19.9. The van der Waals surface area contributed by atoms with Gasteiger partial charge in [-0.3, -0.25) is 14.1 Å². The summed E-state index contributed by atoms with van der Waals surface area (Å²) >= 11 is 0. The predicted molar refractivity (Wildman–Crippen MR) is 105 cm³/mol. The minimum atomic E-state index is -3.93. The molecule has 0 bridgehead atoms. The molecule has 1 aromatic heterocycles. The highest BCUT2D eigenvalue weighted by atomic mass is 32.2. The molecule has 2 aromatic carbocycles. The molecule has 1 aliphatic rings. The second-order valence-corrected chi connectivity index (χ2v) is 8.25. The van der Waals surface area contributed by atoms with Crippen molar-refractivity contribution in [1.82, 2.24) is 9.29 Å². The van der Waals surface area contributed by atoms with Crippen LogP contribution in [0.15, 0.2) is 83.6 Å². The molecule has 7 heteroatoms. The normalized spacial score (nSPS) is 15.2. The first kappa shape index (κ1) is 17.9. The predicted octanol–water partition coefficient (Wildman–Crippen LogP) is 3.49. The maximum absolute atomic E-state index is 13.2. The molecule has 1 aliphatic heterocycles. The third-order valence-corrected chi connectivity index (χ3v) is 6.49. The second-order valence-electron chi connectivity index (χ2n) is 6.31. The monoisotopic (exact) mass is 392 g/mol. The summed E-state index contributed by atoms with van der Waals surface area (Å²) in [5, 5.41) is 10.7. The number of Topliss-reactive ketones (excluding diaryl/α,β-unsaturated/α-hetero) is 1. The van der Waals surface area contributed by atoms with Crippen LogP contribution in [0.25, 0.3) is 16.9 Å². The van der Waals surface area contributed by atoms with Gasteiger partial charge in [0, 0.05) is 30.6 Å². The largest absolute Gasteiger partial charge is 0.505 e. The number of sulfonamides is 1. The van der Waals surface area contributed by atoms with Crippen molar-refractivity contribution in [3.63, 3.8) is 0 Å². The van der Waals surface area contributed by atoms with Crippen molar-refractivity contribution in [2.45, 2.75) is 4.90 Å². The van der Waals surface area contributed by atoms with Gasteiger partial charge in [0.1, 0.15) is 5.70 Å². The number of allylic oxidation sites excluding steroid dienone is 1. The topological polar surface area (TPSA) is 87.6 Å². The Morgan fingerprint density at radius 2 is 1.68 bits per heavy atom. The Balaban J connectivity index is 1.85. The summed E-state index contributed by atoms with van der Waals surface area (Å²) in [6.45, 7) is 0. The fourth-order valence-electron chi connectivity index (χ4n) is 3.20. The van der Waals surface area contributed by atoms with Crippen LogP contribution in [0.2, 0.25) is 0 Å². The number of carbonyl (C=O) groups excluding carboxylic acids is 1. The molecule has 0 unspecified atom stereocenters. The third kappa shape index (κ3) is 2.76. The highest BCUT2D eigenvalue weighted by molar-refractivity contribution is 7.89. The first-order valence-corrected chi connectivity index (χ1v) is 9.92. The van der Waals surface area contributed by atoms with Crippen LogP contribution in [0.4, 0.5) is 0 Å². The van der Waals surface area contributed by atoms with Crippen LogP contribution in [0, 0.1) is 0 Å². The fourth-order valence-corrected chi connectivity index (χ4v) is 4.60. The minimum Gasteiger partial charge on any atom is -0.505 e. The number of ketones is 1. The Hall–Kier alpha value is -3.45. The number of rotatable bonds is 3. The van der Waals surface area contributed by atoms with Crippen molar-refractivity contribution in [2.75, 3.05) is 7.05 Å². The van der Waals surface area contributed by atoms with Crippen LogP contribution < -0.4 is 0 Å². The van der Waals surface area contributed by atoms with Crippen molar-refractivity contribution >= 4 is 21.6 Å². The van der Waals surface area contributed by atoms with E-state index in [2.05, 4.69) is 4.98 Å². The summed E-state index contributed by atoms with van der Waals surface area (Å²) in [5.41, 5.74) is 1.78. The van der Waals surface area contributed by atoms with Gasteiger partial charge in [-0.05, 0) is 41.5 Å². The van der Waals surface area contributed by atoms with Crippen LogP contribution in [0.1, 0.15) is 15.9 Å². The summed E-state index contributed by atoms with van der Waals surface area (Å²) in [4.78, 5) is 17.1. The van der Waals surface area contributed by atoms with E-state index in [-0.39, 0.29) is 27.5 Å². The number of pyridine rings is 1. The average molecular weight is 392 g/mol. The molecular formula is C21H16N2O4S. The third-order valence-electron chi connectivity index (χ3n) is 4.67. The highest BCUT2D eigenvalue weighted by Crippen LogP contribution is 2.36. The summed E-state index contributed by atoms with van der Waals surface area (Å²) < 4.78 is 26.5. The number of aliphatic hydroxyl groups is 1. The smallest absolute Gasteiger partial charge is 0.265 e. The maximum atomic E-state index is 13.2. The average Bonchev–Trinajstić information content (AvgIpc) is 2.73. The van der Waals surface area contributed by atoms with E-state index in [9.17, 15) is 18.3 Å². The number of carbonyl (C=O) groups is 1. The Morgan fingerprint density at radius 3 is 2.43 bits per heavy atom. The molecule has 4 rings (SSSR count). The molecule has 0 spiro atoms. The standard InChI is InChI=1S/C21H16N2O4S/c1-23-19(21(25)17-7-2-3-8-18(17)28(23,26)27)20(24)16-6-4-5-15(13-16)14-9-11-22-12-10-14/h2-13,25H,1H3. The minimum absolute atomic E-state index is 0.0305. The lowest BCUT2D eigenvalue weighted by Gasteiger charge is -2.28. The van der Waals surface area contributed by atoms with Crippen LogP contribution >= 0.6 is 0 Å². The molecular weight excluding hydrogens is 376 g/mol. The van der Waals surface area contributed by atoms with Crippen LogP contribution in [0.5, 0.6) is 0 Å². The van der Waals surface area contributed by atoms with Gasteiger partial charge in [-0.1, -0.05) is 30.3 Å². The van der Waals surface area contributed by atoms with E-state index in [1.54, 1.807) is 42.7 Å². The molecule has 0 atom stereocenters. The second kappa shape index (κ2) is 6.61. The molecule has 140 valence electrons. The first-order chi connectivity index (χ1) is 13.4. The molecule has 0 amide bonds. The number of benzene rings is 2. The van der Waals surface area contributed by atoms with Gasteiger partial charge in [-0.15, -0.1) is 0 Å². The summed E-state index contributed by atoms with van der Waals surface area (Å²) in [6.07, 6.45) is 3.30. The fraction of sp³-hybridized carbons (Fsp3) is 0.0476. The van der Waals surface area contributed by atoms with E-state index < -0.39 is 15.8 Å². The van der Waals surface area contributed by atoms with E-state index in [4.69, 9.17) is 0 Å². The molecule has 0 fully saturated rings. The van der Waals surface area contributed by atoms with E-state index in [1.165, 1.54) is 19.2 Å². The van der Waals surface area contributed by atoms with Crippen molar-refractivity contribution < 1.29 is 18.3 Å². The summed E-state index contributed by atoms with van der Waals surface area (Å²) in [6, 6.07) is 16.5. The van der Waals surface area contributed by atoms with Gasteiger partial charge >= 0.3 is 0 Å². The highest BCUT2D eigenvalue weighted by Gasteiger charge is 2.37. The molecule has 0 saturated heterocycles. The lowest BCUT2D eigenvalue weighted by molar-refractivity contribution is 0.101. The molecule has 0 aliphatic carbocycles. The number of aromatic nitrogens is 1. The Morgan fingerprint density at radius 1 is 0.964 bits per heavy atom. The van der Waals surface area contributed by atoms with Crippen molar-refractivity contribution in [3.05, 3.63) is 89.9 Å². The molecule has 28 heavy (non-hydrogen) atoms. The van der Waals surface area contributed by atoms with E-state index in [0.29, 0.717) is 0 Å². The Labute approximate surface area is 162 Å². The lowest BCUT2D eigenvalue weighted by Crippen LogP contribution is -2.35. The molecule has 6 nitrogen and oxygen atoms in total. The Kier molecular flexibility index (Phi) is 4.24. The number of hydrogen-bond donors (Lipinski definition) is 1. The molecule has 0 saturated carbocycles. The molecule has 2 heterocycles. The van der Waals surface area contributed by atoms with Crippen molar-refractivity contribution in [3.8, 4) is 11.1 Å². The molecule has 3 aromatic rings. The number of nitrogens with zero attached hydrogens (tertiary/aromatic N) is 2. The van der Waals surface area contributed by atoms with Crippen molar-refractivity contribution in [1.29, 1.82) is 0 Å². The molecule has 0 radical (unpaired) electrons. The zero-order valence-corrected chi connectivity index (χ0v) is 15.7. The van der Waals surface area contributed by atoms with Gasteiger partial charge in [-0.25, -0.2) is 8.42 Å². The maximum Gasteiger partial charge on any atom is 0.265 e. The van der Waals surface area contributed by atoms with Gasteiger partial charge in [-0.2, -0.15) is 0 Å². The SMILES string of the molecule is CN1C(C(=O)c2cccc(-c3ccncc3)c2)=C(O)c2ccccc2S1(=O)=O. The van der Waals surface area contributed by atoms with Crippen LogP contribution in [-0.2, 0) is 10.0 Å². The van der Waals surface area contributed by atoms with E-state index in [1.807, 2.05) is 18.2 Å². The quantitative estimate of drug-likeness (QED) is 0.690. The lowest BCUT2D eigenvalue weighted by atomic mass is 9.99. The van der Waals surface area contributed by atoms with Gasteiger partial charge in [0.05, 0.1) is 4.90 Å². The van der Waals surface area contributed by atoms with Crippen LogP contribution in [-0.4, -0.2) is 35.6 Å². The number of fused-ring (bicyclic) bond motifs is 1. The van der Waals surface area contributed by atoms with Crippen molar-refractivity contribution in [2.24, 2.45) is 0 Å². The van der Waals surface area contributed by atoms with Gasteiger partial charge in [0.25, 0.3) is 10.0 Å². The summed E-state index contributed by atoms with van der Waals surface area (Å²) in [5.74, 6) is -0.929. The number of hydrogen-bond acceptors (Lipinski definition) is 5. The zero-order valence-electron chi connectivity index (χ0n) is 14.9. The summed E-state index contributed by atoms with van der Waals surface area (Å²) in [7, 11) is -2.67. The van der Waals surface area contributed by atoms with Crippen LogP contribution in [0.3, 0.4) is 0 Å². The van der Waals surface area contributed by atoms with E-state index >= 15 is 0 Å². The number of likely N-dealkylation sites (N-methyl/N-ethyl adjacent to an activating group) is 1. The van der Waals surface area contributed by atoms with Gasteiger partial charge in [0.15, 0.2) is 5.76 Å². The Bertz CT molecular complexity index is 1220. The van der Waals surface area contributed by atoms with Gasteiger partial charge in [0.2, 0.25) is 5.78 Å². The number of aliphatic hydroxyl groups excluding tert-OH is 1. The molecule has 1 N–H and O–H groups in total. The first-order valence-electron chi connectivity index (χ1n) is 8.48. The van der Waals surface area contributed by atoms with E-state index in [0.717, 1.165) is 15.4 Å². The van der Waals surface area contributed by atoms with Gasteiger partial charge < -0.3 is 5.11 Å².